The van der Waals surface area contributed by atoms with Gasteiger partial charge in [0.2, 0.25) is 0 Å². The summed E-state index contributed by atoms with van der Waals surface area (Å²) in [7, 11) is 3.04. The fourth-order valence-electron chi connectivity index (χ4n) is 3.24. The number of carboxylic acids is 1. The topological polar surface area (TPSA) is 74.2 Å². The van der Waals surface area contributed by atoms with Gasteiger partial charge < -0.3 is 24.1 Å². The molecule has 0 fully saturated rings. The molecule has 0 unspecified atom stereocenters. The van der Waals surface area contributed by atoms with E-state index in [1.165, 1.54) is 7.11 Å². The number of carboxylic acid groups (broad SMARTS) is 1. The van der Waals surface area contributed by atoms with Crippen molar-refractivity contribution in [3.05, 3.63) is 93.2 Å². The Kier molecular flexibility index (Phi) is 8.68. The second kappa shape index (κ2) is 11.7. The normalized spacial score (nSPS) is 11.4. The molecule has 0 aliphatic carbocycles. The summed E-state index contributed by atoms with van der Waals surface area (Å²) in [6, 6.07) is 17.7. The summed E-state index contributed by atoms with van der Waals surface area (Å²) in [6.45, 7) is 1.98. The first-order valence-electron chi connectivity index (χ1n) is 10.3. The van der Waals surface area contributed by atoms with Crippen molar-refractivity contribution < 1.29 is 28.8 Å². The average Bonchev–Trinajstić information content (AvgIpc) is 2.83. The van der Waals surface area contributed by atoms with Crippen LogP contribution in [-0.2, 0) is 22.7 Å². The molecule has 0 saturated carbocycles. The molecule has 178 valence electrons. The molecule has 8 heteroatoms. The van der Waals surface area contributed by atoms with Gasteiger partial charge in [-0.3, -0.25) is 0 Å². The molecule has 3 aromatic rings. The van der Waals surface area contributed by atoms with Gasteiger partial charge in [-0.1, -0.05) is 59.6 Å². The Hall–Kier alpha value is -3.35. The molecule has 0 saturated heterocycles. The molecule has 0 heterocycles. The monoisotopic (exact) mass is 502 g/mol. The summed E-state index contributed by atoms with van der Waals surface area (Å²) < 4.78 is 22.0. The third-order valence-electron chi connectivity index (χ3n) is 5.07. The SMILES string of the molecule is COC(C)=C(C(=O)O)c1ccccc1COc1cc(Cl)c(OCc2ccc(OC)cc2)c(Cl)c1. The minimum absolute atomic E-state index is 0.0695. The first kappa shape index (κ1) is 25.3. The number of carbonyl (C=O) groups is 1. The summed E-state index contributed by atoms with van der Waals surface area (Å²) >= 11 is 12.8. The minimum Gasteiger partial charge on any atom is -0.500 e. The molecule has 0 aromatic heterocycles. The molecular weight excluding hydrogens is 479 g/mol. The van der Waals surface area contributed by atoms with Crippen LogP contribution in [0.25, 0.3) is 5.57 Å². The number of halogens is 2. The van der Waals surface area contributed by atoms with E-state index in [4.69, 9.17) is 42.1 Å². The number of allylic oxidation sites excluding steroid dienone is 1. The lowest BCUT2D eigenvalue weighted by Crippen LogP contribution is -2.08. The van der Waals surface area contributed by atoms with E-state index in [1.54, 1.807) is 50.4 Å². The molecule has 0 amide bonds. The van der Waals surface area contributed by atoms with Crippen LogP contribution in [0, 0.1) is 0 Å². The van der Waals surface area contributed by atoms with Gasteiger partial charge in [-0.2, -0.15) is 0 Å². The van der Waals surface area contributed by atoms with Crippen LogP contribution < -0.4 is 14.2 Å². The summed E-state index contributed by atoms with van der Waals surface area (Å²) in [5.41, 5.74) is 2.17. The Balaban J connectivity index is 1.75. The van der Waals surface area contributed by atoms with E-state index in [9.17, 15) is 9.90 Å². The van der Waals surface area contributed by atoms with E-state index in [2.05, 4.69) is 0 Å². The standard InChI is InChI=1S/C26H24Cl2O6/c1-16(31-2)24(26(29)30)21-7-5-4-6-18(21)15-33-20-12-22(27)25(23(28)13-20)34-14-17-8-10-19(32-3)11-9-17/h4-13H,14-15H2,1-3H3,(H,29,30). The molecule has 1 N–H and O–H groups in total. The maximum atomic E-state index is 11.8. The highest BCUT2D eigenvalue weighted by molar-refractivity contribution is 6.37. The van der Waals surface area contributed by atoms with E-state index in [0.717, 1.165) is 11.3 Å². The van der Waals surface area contributed by atoms with Crippen LogP contribution in [0.1, 0.15) is 23.6 Å². The molecular formula is C26H24Cl2O6. The van der Waals surface area contributed by atoms with Crippen LogP contribution in [0.2, 0.25) is 10.0 Å². The van der Waals surface area contributed by atoms with Crippen LogP contribution in [0.4, 0.5) is 0 Å². The zero-order chi connectivity index (χ0) is 24.7. The summed E-state index contributed by atoms with van der Waals surface area (Å²) in [6.07, 6.45) is 0. The Bertz CT molecular complexity index is 1170. The van der Waals surface area contributed by atoms with E-state index >= 15 is 0 Å². The molecule has 0 aliphatic rings. The average molecular weight is 503 g/mol. The summed E-state index contributed by atoms with van der Waals surface area (Å²) in [5, 5.41) is 10.3. The van der Waals surface area contributed by atoms with Crippen LogP contribution in [0.5, 0.6) is 17.2 Å². The van der Waals surface area contributed by atoms with Crippen molar-refractivity contribution >= 4 is 34.7 Å². The van der Waals surface area contributed by atoms with Crippen LogP contribution in [-0.4, -0.2) is 25.3 Å². The van der Waals surface area contributed by atoms with E-state index in [1.807, 2.05) is 24.3 Å². The number of rotatable bonds is 10. The third-order valence-corrected chi connectivity index (χ3v) is 5.63. The fourth-order valence-corrected chi connectivity index (χ4v) is 3.82. The zero-order valence-corrected chi connectivity index (χ0v) is 20.4. The summed E-state index contributed by atoms with van der Waals surface area (Å²) in [5.74, 6) is 0.733. The van der Waals surface area contributed by atoms with E-state index in [-0.39, 0.29) is 18.8 Å². The highest BCUT2D eigenvalue weighted by atomic mass is 35.5. The van der Waals surface area contributed by atoms with Gasteiger partial charge in [0.1, 0.15) is 36.0 Å². The molecule has 3 aromatic carbocycles. The number of ether oxygens (including phenoxy) is 4. The van der Waals surface area contributed by atoms with Gasteiger partial charge >= 0.3 is 5.97 Å². The molecule has 0 radical (unpaired) electrons. The molecule has 0 aliphatic heterocycles. The van der Waals surface area contributed by atoms with Gasteiger partial charge in [0, 0.05) is 12.1 Å². The van der Waals surface area contributed by atoms with Crippen LogP contribution in [0.3, 0.4) is 0 Å². The Morgan fingerprint density at radius 1 is 0.882 bits per heavy atom. The van der Waals surface area contributed by atoms with Crippen molar-refractivity contribution in [2.75, 3.05) is 14.2 Å². The largest absolute Gasteiger partial charge is 0.500 e. The van der Waals surface area contributed by atoms with E-state index in [0.29, 0.717) is 38.4 Å². The highest BCUT2D eigenvalue weighted by Crippen LogP contribution is 2.38. The van der Waals surface area contributed by atoms with Gasteiger partial charge in [0.25, 0.3) is 0 Å². The fraction of sp³-hybridized carbons (Fsp3) is 0.192. The number of benzene rings is 3. The number of hydrogen-bond donors (Lipinski definition) is 1. The van der Waals surface area contributed by atoms with Crippen molar-refractivity contribution in [1.29, 1.82) is 0 Å². The number of methoxy groups -OCH3 is 2. The Labute approximate surface area is 208 Å². The smallest absolute Gasteiger partial charge is 0.339 e. The highest BCUT2D eigenvalue weighted by Gasteiger charge is 2.19. The second-order valence-corrected chi connectivity index (χ2v) is 8.05. The van der Waals surface area contributed by atoms with E-state index < -0.39 is 5.97 Å². The second-order valence-electron chi connectivity index (χ2n) is 7.24. The first-order chi connectivity index (χ1) is 16.3. The van der Waals surface area contributed by atoms with Crippen LogP contribution in [0.15, 0.2) is 66.4 Å². The minimum atomic E-state index is -1.09. The Morgan fingerprint density at radius 3 is 2.12 bits per heavy atom. The first-order valence-corrected chi connectivity index (χ1v) is 11.0. The lowest BCUT2D eigenvalue weighted by Gasteiger charge is -2.15. The molecule has 3 rings (SSSR count). The zero-order valence-electron chi connectivity index (χ0n) is 18.9. The van der Waals surface area contributed by atoms with Crippen molar-refractivity contribution in [3.8, 4) is 17.2 Å². The molecule has 34 heavy (non-hydrogen) atoms. The van der Waals surface area contributed by atoms with Crippen LogP contribution >= 0.6 is 23.2 Å². The molecule has 0 atom stereocenters. The van der Waals surface area contributed by atoms with Gasteiger partial charge in [-0.25, -0.2) is 4.79 Å². The van der Waals surface area contributed by atoms with Gasteiger partial charge in [0.05, 0.1) is 24.3 Å². The predicted molar refractivity (Wildman–Crippen MR) is 132 cm³/mol. The Morgan fingerprint density at radius 2 is 1.53 bits per heavy atom. The molecule has 0 spiro atoms. The molecule has 6 nitrogen and oxygen atoms in total. The lowest BCUT2D eigenvalue weighted by atomic mass is 9.99. The molecule has 0 bridgehead atoms. The van der Waals surface area contributed by atoms with Crippen molar-refractivity contribution in [2.45, 2.75) is 20.1 Å². The quantitative estimate of drug-likeness (QED) is 0.248. The van der Waals surface area contributed by atoms with Gasteiger partial charge in [-0.05, 0) is 35.7 Å². The maximum Gasteiger partial charge on any atom is 0.339 e. The van der Waals surface area contributed by atoms with Crippen molar-refractivity contribution in [1.82, 2.24) is 0 Å². The maximum absolute atomic E-state index is 11.8. The predicted octanol–water partition coefficient (Wildman–Crippen LogP) is 6.62. The van der Waals surface area contributed by atoms with Gasteiger partial charge in [0.15, 0.2) is 5.75 Å². The van der Waals surface area contributed by atoms with Gasteiger partial charge in [-0.15, -0.1) is 0 Å². The summed E-state index contributed by atoms with van der Waals surface area (Å²) in [4.78, 5) is 11.8. The van der Waals surface area contributed by atoms with Crippen molar-refractivity contribution in [3.63, 3.8) is 0 Å². The number of aliphatic carboxylic acids is 1. The lowest BCUT2D eigenvalue weighted by molar-refractivity contribution is -0.130. The third kappa shape index (κ3) is 6.16. The number of hydrogen-bond acceptors (Lipinski definition) is 5. The van der Waals surface area contributed by atoms with Crippen molar-refractivity contribution in [2.24, 2.45) is 0 Å².